The molecule has 0 saturated heterocycles. The molecular formula is C9H17ClN2O. The van der Waals surface area contributed by atoms with Crippen molar-refractivity contribution in [1.29, 1.82) is 0 Å². The van der Waals surface area contributed by atoms with Gasteiger partial charge >= 0.3 is 0 Å². The summed E-state index contributed by atoms with van der Waals surface area (Å²) in [4.78, 5) is 12.9. The van der Waals surface area contributed by atoms with Gasteiger partial charge in [-0.3, -0.25) is 4.79 Å². The molecule has 3 nitrogen and oxygen atoms in total. The van der Waals surface area contributed by atoms with Crippen LogP contribution in [-0.4, -0.2) is 37.5 Å². The van der Waals surface area contributed by atoms with E-state index in [-0.39, 0.29) is 5.91 Å². The average molecular weight is 205 g/mol. The van der Waals surface area contributed by atoms with Gasteiger partial charge in [0.15, 0.2) is 0 Å². The van der Waals surface area contributed by atoms with Crippen LogP contribution in [0.15, 0.2) is 11.1 Å². The zero-order chi connectivity index (χ0) is 10.3. The highest BCUT2D eigenvalue weighted by Gasteiger charge is 2.04. The van der Waals surface area contributed by atoms with Gasteiger partial charge in [0.2, 0.25) is 5.91 Å². The zero-order valence-corrected chi connectivity index (χ0v) is 9.19. The number of nitrogens with one attached hydrogen (secondary N) is 1. The van der Waals surface area contributed by atoms with Gasteiger partial charge in [0.05, 0.1) is 6.54 Å². The lowest BCUT2D eigenvalue weighted by molar-refractivity contribution is -0.128. The van der Waals surface area contributed by atoms with Gasteiger partial charge in [-0.05, 0) is 19.4 Å². The van der Waals surface area contributed by atoms with Crippen molar-refractivity contribution >= 4 is 17.5 Å². The molecule has 0 aromatic rings. The van der Waals surface area contributed by atoms with Crippen LogP contribution in [0, 0.1) is 0 Å². The summed E-state index contributed by atoms with van der Waals surface area (Å²) in [6.45, 7) is 5.62. The Labute approximate surface area is 84.7 Å². The summed E-state index contributed by atoms with van der Waals surface area (Å²) in [6, 6.07) is 0. The fourth-order valence-electron chi connectivity index (χ4n) is 0.716. The van der Waals surface area contributed by atoms with Gasteiger partial charge in [0, 0.05) is 25.7 Å². The minimum absolute atomic E-state index is 0.102. The van der Waals surface area contributed by atoms with Crippen LogP contribution in [0.5, 0.6) is 0 Å². The van der Waals surface area contributed by atoms with E-state index in [0.29, 0.717) is 13.1 Å². The Hall–Kier alpha value is -0.540. The molecule has 0 rings (SSSR count). The highest BCUT2D eigenvalue weighted by Crippen LogP contribution is 1.91. The Bertz CT molecular complexity index is 192. The molecule has 1 amide bonds. The number of hydrogen-bond acceptors (Lipinski definition) is 2. The van der Waals surface area contributed by atoms with Crippen molar-refractivity contribution in [3.63, 3.8) is 0 Å². The third-order valence-electron chi connectivity index (χ3n) is 1.77. The molecule has 0 heterocycles. The Balaban J connectivity index is 3.59. The molecule has 1 N–H and O–H groups in total. The maximum Gasteiger partial charge on any atom is 0.236 e. The number of rotatable bonds is 5. The predicted molar refractivity (Wildman–Crippen MR) is 55.8 cm³/mol. The molecule has 0 saturated carbocycles. The second-order valence-corrected chi connectivity index (χ2v) is 3.19. The molecule has 76 valence electrons. The van der Waals surface area contributed by atoms with Crippen LogP contribution in [0.4, 0.5) is 0 Å². The van der Waals surface area contributed by atoms with Crippen molar-refractivity contribution in [2.24, 2.45) is 0 Å². The van der Waals surface area contributed by atoms with Gasteiger partial charge in [-0.1, -0.05) is 11.6 Å². The first-order chi connectivity index (χ1) is 6.11. The van der Waals surface area contributed by atoms with E-state index in [1.165, 1.54) is 5.54 Å². The Morgan fingerprint density at radius 2 is 2.15 bits per heavy atom. The van der Waals surface area contributed by atoms with Crippen molar-refractivity contribution < 1.29 is 4.79 Å². The Kier molecular flexibility index (Phi) is 6.63. The first-order valence-electron chi connectivity index (χ1n) is 4.32. The van der Waals surface area contributed by atoms with E-state index in [0.717, 1.165) is 12.1 Å². The highest BCUT2D eigenvalue weighted by molar-refractivity contribution is 6.25. The maximum atomic E-state index is 11.3. The van der Waals surface area contributed by atoms with Gasteiger partial charge in [0.25, 0.3) is 0 Å². The van der Waals surface area contributed by atoms with Gasteiger partial charge in [-0.25, -0.2) is 0 Å². The van der Waals surface area contributed by atoms with Crippen LogP contribution in [0.1, 0.15) is 13.8 Å². The van der Waals surface area contributed by atoms with Crippen LogP contribution in [0.3, 0.4) is 0 Å². The molecule has 0 aliphatic rings. The number of nitrogens with zero attached hydrogens (tertiary/aromatic N) is 1. The third kappa shape index (κ3) is 5.66. The van der Waals surface area contributed by atoms with Crippen LogP contribution >= 0.6 is 11.6 Å². The van der Waals surface area contributed by atoms with E-state index in [2.05, 4.69) is 5.32 Å². The smallest absolute Gasteiger partial charge is 0.236 e. The largest absolute Gasteiger partial charge is 0.345 e. The second-order valence-electron chi connectivity index (χ2n) is 2.97. The van der Waals surface area contributed by atoms with Crippen molar-refractivity contribution in [2.45, 2.75) is 13.8 Å². The zero-order valence-electron chi connectivity index (χ0n) is 8.43. The molecular weight excluding hydrogens is 188 g/mol. The molecule has 13 heavy (non-hydrogen) atoms. The van der Waals surface area contributed by atoms with Crippen molar-refractivity contribution in [2.75, 3.05) is 26.7 Å². The van der Waals surface area contributed by atoms with Crippen molar-refractivity contribution in [3.8, 4) is 0 Å². The van der Waals surface area contributed by atoms with Gasteiger partial charge < -0.3 is 10.2 Å². The van der Waals surface area contributed by atoms with Crippen LogP contribution < -0.4 is 5.32 Å². The molecule has 0 aliphatic carbocycles. The summed E-state index contributed by atoms with van der Waals surface area (Å²) >= 11 is 5.46. The summed E-state index contributed by atoms with van der Waals surface area (Å²) < 4.78 is 0. The molecule has 0 fully saturated rings. The SMILES string of the molecule is CCN(C)C(=O)CNCC(C)=CCl. The van der Waals surface area contributed by atoms with Gasteiger partial charge in [-0.15, -0.1) is 0 Å². The number of likely N-dealkylation sites (N-methyl/N-ethyl adjacent to an activating group) is 1. The summed E-state index contributed by atoms with van der Waals surface area (Å²) in [5.41, 5.74) is 2.54. The fourth-order valence-corrected chi connectivity index (χ4v) is 0.794. The van der Waals surface area contributed by atoms with E-state index < -0.39 is 0 Å². The summed E-state index contributed by atoms with van der Waals surface area (Å²) in [7, 11) is 1.79. The Morgan fingerprint density at radius 3 is 2.62 bits per heavy atom. The average Bonchev–Trinajstić information content (AvgIpc) is 2.15. The number of halogens is 1. The molecule has 0 bridgehead atoms. The summed E-state index contributed by atoms with van der Waals surface area (Å²) in [6.07, 6.45) is 0. The quantitative estimate of drug-likeness (QED) is 0.730. The monoisotopic (exact) mass is 204 g/mol. The van der Waals surface area contributed by atoms with E-state index in [9.17, 15) is 4.79 Å². The Morgan fingerprint density at radius 1 is 1.54 bits per heavy atom. The lowest BCUT2D eigenvalue weighted by Crippen LogP contribution is -2.35. The normalized spacial score (nSPS) is 11.5. The molecule has 0 aromatic carbocycles. The second kappa shape index (κ2) is 6.92. The van der Waals surface area contributed by atoms with E-state index in [4.69, 9.17) is 11.6 Å². The highest BCUT2D eigenvalue weighted by atomic mass is 35.5. The predicted octanol–water partition coefficient (Wildman–Crippen LogP) is 1.20. The topological polar surface area (TPSA) is 32.3 Å². The number of hydrogen-bond donors (Lipinski definition) is 1. The van der Waals surface area contributed by atoms with E-state index >= 15 is 0 Å². The van der Waals surface area contributed by atoms with Crippen LogP contribution in [-0.2, 0) is 4.79 Å². The van der Waals surface area contributed by atoms with Crippen molar-refractivity contribution in [1.82, 2.24) is 10.2 Å². The first-order valence-corrected chi connectivity index (χ1v) is 4.76. The summed E-state index contributed by atoms with van der Waals surface area (Å²) in [5, 5.41) is 3.01. The standard InChI is InChI=1S/C9H17ClN2O/c1-4-12(3)9(13)7-11-6-8(2)5-10/h5,11H,4,6-7H2,1-3H3. The number of carbonyl (C=O) groups excluding carboxylic acids is 1. The minimum Gasteiger partial charge on any atom is -0.345 e. The molecule has 4 heteroatoms. The number of carbonyl (C=O) groups is 1. The maximum absolute atomic E-state index is 11.3. The molecule has 0 spiro atoms. The van der Waals surface area contributed by atoms with E-state index in [1.54, 1.807) is 11.9 Å². The molecule has 0 unspecified atom stereocenters. The molecule has 0 aliphatic heterocycles. The molecule has 0 radical (unpaired) electrons. The van der Waals surface area contributed by atoms with Gasteiger partial charge in [0.1, 0.15) is 0 Å². The van der Waals surface area contributed by atoms with Crippen LogP contribution in [0.25, 0.3) is 0 Å². The van der Waals surface area contributed by atoms with Crippen molar-refractivity contribution in [3.05, 3.63) is 11.1 Å². The van der Waals surface area contributed by atoms with Crippen LogP contribution in [0.2, 0.25) is 0 Å². The lowest BCUT2D eigenvalue weighted by atomic mass is 10.3. The van der Waals surface area contributed by atoms with Gasteiger partial charge in [-0.2, -0.15) is 0 Å². The lowest BCUT2D eigenvalue weighted by Gasteiger charge is -2.14. The minimum atomic E-state index is 0.102. The van der Waals surface area contributed by atoms with E-state index in [1.807, 2.05) is 13.8 Å². The molecule has 0 atom stereocenters. The first kappa shape index (κ1) is 12.5. The number of amides is 1. The molecule has 0 aromatic heterocycles. The summed E-state index contributed by atoms with van der Waals surface area (Å²) in [5.74, 6) is 0.102. The third-order valence-corrected chi connectivity index (χ3v) is 2.14. The fraction of sp³-hybridized carbons (Fsp3) is 0.667.